The molecular weight excluding hydrogens is 454 g/mol. The second-order valence-electron chi connectivity index (χ2n) is 9.39. The molecule has 0 bridgehead atoms. The van der Waals surface area contributed by atoms with Crippen LogP contribution in [0.5, 0.6) is 5.75 Å². The second kappa shape index (κ2) is 9.34. The topological polar surface area (TPSA) is 95.5 Å². The van der Waals surface area contributed by atoms with Crippen LogP contribution in [-0.4, -0.2) is 33.4 Å². The smallest absolute Gasteiger partial charge is 0.302 e. The Bertz CT molecular complexity index is 1490. The summed E-state index contributed by atoms with van der Waals surface area (Å²) in [5, 5.41) is 11.4. The van der Waals surface area contributed by atoms with Crippen LogP contribution in [0.4, 0.5) is 5.95 Å². The van der Waals surface area contributed by atoms with E-state index in [0.29, 0.717) is 34.9 Å². The summed E-state index contributed by atoms with van der Waals surface area (Å²) in [6.45, 7) is 6.58. The highest BCUT2D eigenvalue weighted by Crippen LogP contribution is 2.42. The van der Waals surface area contributed by atoms with E-state index < -0.39 is 17.7 Å². The number of aliphatic hydroxyl groups excluding tert-OH is 1. The molecule has 0 saturated carbocycles. The first kappa shape index (κ1) is 23.4. The maximum Gasteiger partial charge on any atom is 0.302 e. The number of Topliss-reactive ketones (excluding diaryl/α,β-unsaturated/α-hetero) is 1. The molecular formula is C29H27N3O4. The molecule has 0 spiro atoms. The molecule has 36 heavy (non-hydrogen) atoms. The van der Waals surface area contributed by atoms with E-state index in [2.05, 4.69) is 9.97 Å². The van der Waals surface area contributed by atoms with Crippen molar-refractivity contribution in [2.75, 3.05) is 11.5 Å². The summed E-state index contributed by atoms with van der Waals surface area (Å²) in [6.07, 6.45) is 0. The molecule has 0 aliphatic carbocycles. The molecule has 1 saturated heterocycles. The van der Waals surface area contributed by atoms with E-state index in [1.165, 1.54) is 4.90 Å². The van der Waals surface area contributed by atoms with E-state index in [9.17, 15) is 14.7 Å². The molecule has 1 fully saturated rings. The third-order valence-electron chi connectivity index (χ3n) is 6.10. The minimum atomic E-state index is -0.854. The van der Waals surface area contributed by atoms with Crippen molar-refractivity contribution >= 4 is 34.4 Å². The van der Waals surface area contributed by atoms with E-state index in [1.807, 2.05) is 69.3 Å². The monoisotopic (exact) mass is 481 g/mol. The summed E-state index contributed by atoms with van der Waals surface area (Å²) in [5.74, 6) is -0.629. The molecule has 182 valence electrons. The summed E-state index contributed by atoms with van der Waals surface area (Å²) in [4.78, 5) is 35.8. The number of ether oxygens (including phenoxy) is 1. The lowest BCUT2D eigenvalue weighted by molar-refractivity contribution is -0.132. The van der Waals surface area contributed by atoms with Crippen molar-refractivity contribution in [1.82, 2.24) is 9.97 Å². The molecule has 1 aliphatic rings. The lowest BCUT2D eigenvalue weighted by Crippen LogP contribution is -2.30. The van der Waals surface area contributed by atoms with Crippen LogP contribution in [0.1, 0.15) is 36.6 Å². The van der Waals surface area contributed by atoms with Crippen molar-refractivity contribution < 1.29 is 19.4 Å². The second-order valence-corrected chi connectivity index (χ2v) is 9.39. The zero-order valence-corrected chi connectivity index (χ0v) is 20.4. The first-order valence-corrected chi connectivity index (χ1v) is 11.9. The number of aryl methyl sites for hydroxylation is 1. The number of ketones is 1. The van der Waals surface area contributed by atoms with Gasteiger partial charge >= 0.3 is 5.91 Å². The number of hydrogen-bond donors (Lipinski definition) is 2. The van der Waals surface area contributed by atoms with Gasteiger partial charge in [0.05, 0.1) is 29.3 Å². The SMILES string of the molecule is Cc1ccc2nc(N3C(=O)C(=O)/C(=C(/O)c4cccc(OCC(C)C)c4)C3c3ccccc3)[nH]c2c1. The number of aromatic nitrogens is 2. The lowest BCUT2D eigenvalue weighted by atomic mass is 9.95. The normalized spacial score (nSPS) is 17.3. The van der Waals surface area contributed by atoms with Crippen LogP contribution in [-0.2, 0) is 9.59 Å². The molecule has 7 nitrogen and oxygen atoms in total. The number of benzene rings is 3. The number of amides is 1. The van der Waals surface area contributed by atoms with Crippen LogP contribution in [0, 0.1) is 12.8 Å². The predicted molar refractivity (Wildman–Crippen MR) is 139 cm³/mol. The maximum atomic E-state index is 13.4. The Morgan fingerprint density at radius 1 is 1.06 bits per heavy atom. The molecule has 5 rings (SSSR count). The summed E-state index contributed by atoms with van der Waals surface area (Å²) < 4.78 is 5.80. The highest BCUT2D eigenvalue weighted by molar-refractivity contribution is 6.51. The highest BCUT2D eigenvalue weighted by Gasteiger charge is 2.48. The van der Waals surface area contributed by atoms with Gasteiger partial charge in [-0.1, -0.05) is 62.4 Å². The summed E-state index contributed by atoms with van der Waals surface area (Å²) in [5.41, 5.74) is 3.56. The quantitative estimate of drug-likeness (QED) is 0.214. The third kappa shape index (κ3) is 4.24. The first-order chi connectivity index (χ1) is 17.3. The molecule has 3 aromatic carbocycles. The molecule has 4 aromatic rings. The standard InChI is InChI=1S/C29H27N3O4/c1-17(2)16-36-21-11-7-10-20(15-21)26(33)24-25(19-8-5-4-6-9-19)32(28(35)27(24)34)29-30-22-13-12-18(3)14-23(22)31-29/h4-15,17,25,33H,16H2,1-3H3,(H,30,31)/b26-24+. The highest BCUT2D eigenvalue weighted by atomic mass is 16.5. The zero-order valence-electron chi connectivity index (χ0n) is 20.4. The van der Waals surface area contributed by atoms with E-state index in [-0.39, 0.29) is 17.3 Å². The fraction of sp³-hybridized carbons (Fsp3) is 0.207. The van der Waals surface area contributed by atoms with Gasteiger partial charge in [-0.15, -0.1) is 0 Å². The number of aliphatic hydroxyl groups is 1. The number of imidazole rings is 1. The minimum Gasteiger partial charge on any atom is -0.507 e. The van der Waals surface area contributed by atoms with Gasteiger partial charge in [-0.25, -0.2) is 4.98 Å². The molecule has 1 aromatic heterocycles. The van der Waals surface area contributed by atoms with Crippen LogP contribution >= 0.6 is 0 Å². The van der Waals surface area contributed by atoms with Crippen molar-refractivity contribution in [2.45, 2.75) is 26.8 Å². The van der Waals surface area contributed by atoms with Gasteiger partial charge in [0.25, 0.3) is 5.78 Å². The van der Waals surface area contributed by atoms with Gasteiger partial charge in [-0.2, -0.15) is 0 Å². The Morgan fingerprint density at radius 2 is 1.83 bits per heavy atom. The van der Waals surface area contributed by atoms with Crippen molar-refractivity contribution in [1.29, 1.82) is 0 Å². The fourth-order valence-corrected chi connectivity index (χ4v) is 4.38. The van der Waals surface area contributed by atoms with Gasteiger partial charge in [-0.05, 0) is 48.2 Å². The van der Waals surface area contributed by atoms with Crippen LogP contribution < -0.4 is 9.64 Å². The number of H-pyrrole nitrogens is 1. The molecule has 1 amide bonds. The molecule has 2 heterocycles. The average Bonchev–Trinajstić information content (AvgIpc) is 3.40. The first-order valence-electron chi connectivity index (χ1n) is 11.9. The molecule has 0 radical (unpaired) electrons. The molecule has 7 heteroatoms. The van der Waals surface area contributed by atoms with Gasteiger partial charge in [0.1, 0.15) is 11.5 Å². The molecule has 1 unspecified atom stereocenters. The number of hydrogen-bond acceptors (Lipinski definition) is 5. The number of nitrogens with one attached hydrogen (secondary N) is 1. The fourth-order valence-electron chi connectivity index (χ4n) is 4.38. The predicted octanol–water partition coefficient (Wildman–Crippen LogP) is 5.53. The third-order valence-corrected chi connectivity index (χ3v) is 6.10. The minimum absolute atomic E-state index is 0.00356. The van der Waals surface area contributed by atoms with Gasteiger partial charge in [0.2, 0.25) is 5.95 Å². The Hall–Kier alpha value is -4.39. The number of aromatic amines is 1. The van der Waals surface area contributed by atoms with Crippen molar-refractivity contribution in [3.8, 4) is 5.75 Å². The largest absolute Gasteiger partial charge is 0.507 e. The van der Waals surface area contributed by atoms with Crippen LogP contribution in [0.3, 0.4) is 0 Å². The number of carbonyl (C=O) groups excluding carboxylic acids is 2. The summed E-state index contributed by atoms with van der Waals surface area (Å²) in [6, 6.07) is 21.0. The van der Waals surface area contributed by atoms with Crippen molar-refractivity contribution in [3.63, 3.8) is 0 Å². The average molecular weight is 482 g/mol. The number of fused-ring (bicyclic) bond motifs is 1. The number of nitrogens with zero attached hydrogens (tertiary/aromatic N) is 2. The number of rotatable bonds is 6. The lowest BCUT2D eigenvalue weighted by Gasteiger charge is -2.23. The van der Waals surface area contributed by atoms with Gasteiger partial charge in [0, 0.05) is 5.56 Å². The Balaban J connectivity index is 1.65. The molecule has 1 aliphatic heterocycles. The molecule has 2 N–H and O–H groups in total. The van der Waals surface area contributed by atoms with E-state index in [0.717, 1.165) is 11.1 Å². The summed E-state index contributed by atoms with van der Waals surface area (Å²) in [7, 11) is 0. The van der Waals surface area contributed by atoms with Crippen molar-refractivity contribution in [3.05, 3.63) is 95.1 Å². The van der Waals surface area contributed by atoms with Crippen molar-refractivity contribution in [2.24, 2.45) is 5.92 Å². The number of carbonyl (C=O) groups is 2. The Morgan fingerprint density at radius 3 is 2.58 bits per heavy atom. The van der Waals surface area contributed by atoms with Crippen LogP contribution in [0.15, 0.2) is 78.4 Å². The van der Waals surface area contributed by atoms with Crippen LogP contribution in [0.25, 0.3) is 16.8 Å². The van der Waals surface area contributed by atoms with E-state index >= 15 is 0 Å². The van der Waals surface area contributed by atoms with Gasteiger partial charge < -0.3 is 14.8 Å². The van der Waals surface area contributed by atoms with Crippen LogP contribution in [0.2, 0.25) is 0 Å². The Kier molecular flexibility index (Phi) is 6.06. The molecule has 1 atom stereocenters. The zero-order chi connectivity index (χ0) is 25.4. The van der Waals surface area contributed by atoms with Gasteiger partial charge in [-0.3, -0.25) is 14.5 Å². The summed E-state index contributed by atoms with van der Waals surface area (Å²) >= 11 is 0. The van der Waals surface area contributed by atoms with E-state index in [4.69, 9.17) is 4.74 Å². The van der Waals surface area contributed by atoms with E-state index in [1.54, 1.807) is 24.3 Å². The maximum absolute atomic E-state index is 13.4. The number of anilines is 1. The Labute approximate surface area is 209 Å². The van der Waals surface area contributed by atoms with Gasteiger partial charge in [0.15, 0.2) is 0 Å².